The van der Waals surface area contributed by atoms with Crippen LogP contribution in [0, 0.1) is 5.92 Å². The molecule has 1 N–H and O–H groups in total. The van der Waals surface area contributed by atoms with Crippen LogP contribution < -0.4 is 0 Å². The van der Waals surface area contributed by atoms with Crippen molar-refractivity contribution in [3.05, 3.63) is 30.2 Å². The monoisotopic (exact) mass is 439 g/mol. The van der Waals surface area contributed by atoms with Crippen molar-refractivity contribution in [2.45, 2.75) is 36.9 Å². The van der Waals surface area contributed by atoms with Crippen molar-refractivity contribution < 1.29 is 32.3 Å². The van der Waals surface area contributed by atoms with Gasteiger partial charge in [0.1, 0.15) is 0 Å². The number of aryl methyl sites for hydroxylation is 1. The van der Waals surface area contributed by atoms with Crippen LogP contribution in [0.4, 0.5) is 0 Å². The van der Waals surface area contributed by atoms with Crippen LogP contribution in [0.15, 0.2) is 33.7 Å². The number of carbonyl (C=O) groups is 1. The largest absolute Gasteiger partial charge is 0.481 e. The number of hydrogen-bond acceptors (Lipinski definition) is 8. The fourth-order valence-electron chi connectivity index (χ4n) is 3.48. The van der Waals surface area contributed by atoms with Crippen LogP contribution in [0.25, 0.3) is 11.4 Å². The summed E-state index contributed by atoms with van der Waals surface area (Å²) in [7, 11) is -0.452. The van der Waals surface area contributed by atoms with Crippen molar-refractivity contribution in [3.8, 4) is 11.4 Å². The molecule has 1 aromatic carbocycles. The molecule has 0 aliphatic carbocycles. The van der Waals surface area contributed by atoms with E-state index >= 15 is 0 Å². The molecule has 1 aliphatic heterocycles. The number of hydrogen-bond donors (Lipinski definition) is 1. The van der Waals surface area contributed by atoms with Crippen LogP contribution in [0.3, 0.4) is 0 Å². The molecule has 2 aromatic rings. The molecule has 0 radical (unpaired) electrons. The van der Waals surface area contributed by atoms with E-state index in [9.17, 15) is 13.2 Å². The van der Waals surface area contributed by atoms with Crippen molar-refractivity contribution in [2.24, 2.45) is 5.92 Å². The third-order valence-corrected chi connectivity index (χ3v) is 7.03. The van der Waals surface area contributed by atoms with E-state index in [1.165, 1.54) is 16.4 Å². The molecule has 11 heteroatoms. The van der Waals surface area contributed by atoms with Crippen molar-refractivity contribution in [1.29, 1.82) is 0 Å². The normalized spacial score (nSPS) is 16.2. The molecule has 2 heterocycles. The van der Waals surface area contributed by atoms with Crippen LogP contribution >= 0.6 is 0 Å². The van der Waals surface area contributed by atoms with Gasteiger partial charge in [-0.15, -0.1) is 0 Å². The van der Waals surface area contributed by atoms with Crippen molar-refractivity contribution in [3.63, 3.8) is 0 Å². The van der Waals surface area contributed by atoms with Crippen LogP contribution in [-0.4, -0.2) is 67.5 Å². The summed E-state index contributed by atoms with van der Waals surface area (Å²) in [5.41, 5.74) is 0.584. The summed E-state index contributed by atoms with van der Waals surface area (Å²) in [5.74, 6) is -0.293. The first-order valence-corrected chi connectivity index (χ1v) is 11.0. The highest BCUT2D eigenvalue weighted by Gasteiger charge is 2.32. The molecule has 1 aromatic heterocycles. The maximum absolute atomic E-state index is 13.0. The van der Waals surface area contributed by atoms with Gasteiger partial charge in [-0.25, -0.2) is 8.42 Å². The van der Waals surface area contributed by atoms with Crippen LogP contribution in [-0.2, 0) is 30.7 Å². The summed E-state index contributed by atoms with van der Waals surface area (Å²) < 4.78 is 43.0. The average molecular weight is 439 g/mol. The minimum Gasteiger partial charge on any atom is -0.481 e. The zero-order valence-electron chi connectivity index (χ0n) is 16.9. The van der Waals surface area contributed by atoms with Gasteiger partial charge in [0.2, 0.25) is 21.7 Å². The molecule has 10 nitrogen and oxygen atoms in total. The number of methoxy groups -OCH3 is 2. The van der Waals surface area contributed by atoms with Gasteiger partial charge in [-0.1, -0.05) is 5.16 Å². The highest BCUT2D eigenvalue weighted by Crippen LogP contribution is 2.28. The Bertz CT molecular complexity index is 947. The summed E-state index contributed by atoms with van der Waals surface area (Å²) in [6.07, 6.45) is 1.02. The SMILES string of the molecule is COC(OC)C1CCN(S(=O)(=O)c2ccc(-c3noc(CCC(=O)O)n3)cc2)CC1. The fraction of sp³-hybridized carbons (Fsp3) is 0.526. The molecule has 0 amide bonds. The Morgan fingerprint density at radius 3 is 2.43 bits per heavy atom. The van der Waals surface area contributed by atoms with Crippen molar-refractivity contribution in [1.82, 2.24) is 14.4 Å². The maximum atomic E-state index is 13.0. The highest BCUT2D eigenvalue weighted by atomic mass is 32.2. The van der Waals surface area contributed by atoms with Gasteiger partial charge >= 0.3 is 5.97 Å². The lowest BCUT2D eigenvalue weighted by atomic mass is 9.97. The lowest BCUT2D eigenvalue weighted by Gasteiger charge is -2.34. The van der Waals surface area contributed by atoms with Crippen LogP contribution in [0.2, 0.25) is 0 Å². The Hall–Kier alpha value is -2.34. The fourth-order valence-corrected chi connectivity index (χ4v) is 4.95. The van der Waals surface area contributed by atoms with E-state index in [4.69, 9.17) is 19.1 Å². The number of ether oxygens (including phenoxy) is 2. The number of nitrogens with zero attached hydrogens (tertiary/aromatic N) is 3. The first-order chi connectivity index (χ1) is 14.3. The van der Waals surface area contributed by atoms with E-state index in [1.54, 1.807) is 26.4 Å². The first kappa shape index (κ1) is 22.3. The van der Waals surface area contributed by atoms with E-state index < -0.39 is 16.0 Å². The number of aliphatic carboxylic acids is 1. The predicted molar refractivity (Wildman–Crippen MR) is 105 cm³/mol. The van der Waals surface area contributed by atoms with E-state index in [0.29, 0.717) is 31.5 Å². The molecule has 0 atom stereocenters. The van der Waals surface area contributed by atoms with E-state index in [2.05, 4.69) is 10.1 Å². The van der Waals surface area contributed by atoms with E-state index in [1.807, 2.05) is 0 Å². The summed E-state index contributed by atoms with van der Waals surface area (Å²) in [4.78, 5) is 15.0. The number of carboxylic acids is 1. The van der Waals surface area contributed by atoms with Gasteiger partial charge in [0.05, 0.1) is 11.3 Å². The molecule has 1 saturated heterocycles. The minimum absolute atomic E-state index is 0.106. The third-order valence-electron chi connectivity index (χ3n) is 5.12. The predicted octanol–water partition coefficient (Wildman–Crippen LogP) is 1.77. The molecule has 164 valence electrons. The Morgan fingerprint density at radius 2 is 1.87 bits per heavy atom. The van der Waals surface area contributed by atoms with Gasteiger partial charge < -0.3 is 19.1 Å². The number of aromatic nitrogens is 2. The number of carboxylic acid groups (broad SMARTS) is 1. The molecule has 3 rings (SSSR count). The first-order valence-electron chi connectivity index (χ1n) is 9.55. The zero-order valence-corrected chi connectivity index (χ0v) is 17.7. The van der Waals surface area contributed by atoms with E-state index in [0.717, 1.165) is 0 Å². The third kappa shape index (κ3) is 5.04. The van der Waals surface area contributed by atoms with E-state index in [-0.39, 0.29) is 41.7 Å². The standard InChI is InChI=1S/C19H25N3O7S/c1-27-19(28-2)14-9-11-22(12-10-14)30(25,26)15-5-3-13(4-6-15)18-20-16(29-21-18)7-8-17(23)24/h3-6,14,19H,7-12H2,1-2H3,(H,23,24). The Morgan fingerprint density at radius 1 is 1.23 bits per heavy atom. The summed E-state index contributed by atoms with van der Waals surface area (Å²) in [6, 6.07) is 6.24. The van der Waals surface area contributed by atoms with Gasteiger partial charge in [-0.3, -0.25) is 4.79 Å². The molecule has 30 heavy (non-hydrogen) atoms. The Balaban J connectivity index is 1.66. The number of piperidine rings is 1. The molecular formula is C19H25N3O7S. The van der Waals surface area contributed by atoms with Crippen molar-refractivity contribution >= 4 is 16.0 Å². The van der Waals surface area contributed by atoms with Crippen LogP contribution in [0.5, 0.6) is 0 Å². The van der Waals surface area contributed by atoms with Crippen molar-refractivity contribution in [2.75, 3.05) is 27.3 Å². The average Bonchev–Trinajstić information content (AvgIpc) is 3.23. The molecule has 0 unspecified atom stereocenters. The molecular weight excluding hydrogens is 414 g/mol. The van der Waals surface area contributed by atoms with Gasteiger partial charge in [0.25, 0.3) is 0 Å². The number of rotatable bonds is 9. The molecule has 0 saturated carbocycles. The van der Waals surface area contributed by atoms with Gasteiger partial charge in [0, 0.05) is 45.2 Å². The number of sulfonamides is 1. The maximum Gasteiger partial charge on any atom is 0.303 e. The highest BCUT2D eigenvalue weighted by molar-refractivity contribution is 7.89. The van der Waals surface area contributed by atoms with Gasteiger partial charge in [-0.2, -0.15) is 9.29 Å². The zero-order chi connectivity index (χ0) is 21.7. The van der Waals surface area contributed by atoms with Gasteiger partial charge in [-0.05, 0) is 37.1 Å². The smallest absolute Gasteiger partial charge is 0.303 e. The second kappa shape index (κ2) is 9.65. The Labute approximate surface area is 174 Å². The number of benzene rings is 1. The molecule has 1 fully saturated rings. The summed E-state index contributed by atoms with van der Waals surface area (Å²) in [6.45, 7) is 0.797. The second-order valence-electron chi connectivity index (χ2n) is 7.01. The topological polar surface area (TPSA) is 132 Å². The second-order valence-corrected chi connectivity index (χ2v) is 8.95. The minimum atomic E-state index is -3.61. The van der Waals surface area contributed by atoms with Crippen LogP contribution in [0.1, 0.15) is 25.2 Å². The molecule has 1 aliphatic rings. The Kier molecular flexibility index (Phi) is 7.19. The summed E-state index contributed by atoms with van der Waals surface area (Å²) in [5, 5.41) is 12.5. The molecule has 0 bridgehead atoms. The quantitative estimate of drug-likeness (QED) is 0.580. The lowest BCUT2D eigenvalue weighted by Crippen LogP contribution is -2.42. The van der Waals surface area contributed by atoms with Gasteiger partial charge in [0.15, 0.2) is 6.29 Å². The molecule has 0 spiro atoms. The lowest BCUT2D eigenvalue weighted by molar-refractivity contribution is -0.144. The summed E-state index contributed by atoms with van der Waals surface area (Å²) >= 11 is 0.